The molecule has 0 fully saturated rings. The molecule has 0 radical (unpaired) electrons. The maximum Gasteiger partial charge on any atom is 0.134 e. The molecule has 0 atom stereocenters. The van der Waals surface area contributed by atoms with Gasteiger partial charge < -0.3 is 10.1 Å². The Hall–Kier alpha value is -0.870. The molecule has 4 nitrogen and oxygen atoms in total. The summed E-state index contributed by atoms with van der Waals surface area (Å²) in [7, 11) is 0. The highest BCUT2D eigenvalue weighted by molar-refractivity contribution is 6.29. The minimum Gasteiger partial charge on any atom is -0.379 e. The van der Waals surface area contributed by atoms with E-state index in [2.05, 4.69) is 29.1 Å². The van der Waals surface area contributed by atoms with Crippen molar-refractivity contribution in [1.29, 1.82) is 0 Å². The molecule has 1 aromatic rings. The molecule has 0 bridgehead atoms. The second kappa shape index (κ2) is 6.58. The molecule has 0 unspecified atom stereocenters. The monoisotopic (exact) mass is 229 g/mol. The van der Waals surface area contributed by atoms with Crippen LogP contribution in [0.15, 0.2) is 12.4 Å². The Morgan fingerprint density at radius 3 is 2.93 bits per heavy atom. The number of nitrogens with one attached hydrogen (secondary N) is 1. The number of aromatic nitrogens is 2. The van der Waals surface area contributed by atoms with E-state index in [0.29, 0.717) is 17.7 Å². The fourth-order valence-corrected chi connectivity index (χ4v) is 1.15. The molecular weight excluding hydrogens is 214 g/mol. The molecule has 0 aliphatic carbocycles. The van der Waals surface area contributed by atoms with Gasteiger partial charge >= 0.3 is 0 Å². The minimum atomic E-state index is 0.440. The molecule has 1 heterocycles. The van der Waals surface area contributed by atoms with Crippen molar-refractivity contribution < 1.29 is 4.74 Å². The van der Waals surface area contributed by atoms with Crippen LogP contribution in [0.5, 0.6) is 0 Å². The van der Waals surface area contributed by atoms with Gasteiger partial charge in [0.05, 0.1) is 6.61 Å². The van der Waals surface area contributed by atoms with Crippen molar-refractivity contribution >= 4 is 17.4 Å². The molecular formula is C10H16ClN3O. The van der Waals surface area contributed by atoms with Crippen LogP contribution in [-0.4, -0.2) is 29.7 Å². The number of ether oxygens (including phenoxy) is 1. The minimum absolute atomic E-state index is 0.440. The number of hydrogen-bond donors (Lipinski definition) is 1. The SMILES string of the molecule is CC(C)COCCNc1cc(Cl)ncn1. The van der Waals surface area contributed by atoms with Crippen molar-refractivity contribution in [3.05, 3.63) is 17.5 Å². The van der Waals surface area contributed by atoms with E-state index >= 15 is 0 Å². The Morgan fingerprint density at radius 1 is 1.47 bits per heavy atom. The van der Waals surface area contributed by atoms with E-state index in [1.165, 1.54) is 6.33 Å². The van der Waals surface area contributed by atoms with Gasteiger partial charge in [0, 0.05) is 19.2 Å². The van der Waals surface area contributed by atoms with Crippen LogP contribution in [0.4, 0.5) is 5.82 Å². The molecule has 0 aliphatic rings. The van der Waals surface area contributed by atoms with E-state index in [9.17, 15) is 0 Å². The van der Waals surface area contributed by atoms with Crippen molar-refractivity contribution in [3.63, 3.8) is 0 Å². The predicted molar refractivity (Wildman–Crippen MR) is 61.2 cm³/mol. The standard InChI is InChI=1S/C10H16ClN3O/c1-8(2)6-15-4-3-12-10-5-9(11)13-7-14-10/h5,7-8H,3-4,6H2,1-2H3,(H,12,13,14). The van der Waals surface area contributed by atoms with Crippen molar-refractivity contribution in [2.24, 2.45) is 5.92 Å². The zero-order valence-corrected chi connectivity index (χ0v) is 9.79. The maximum atomic E-state index is 5.70. The molecule has 0 amide bonds. The second-order valence-electron chi connectivity index (χ2n) is 3.62. The summed E-state index contributed by atoms with van der Waals surface area (Å²) in [5.74, 6) is 1.29. The van der Waals surface area contributed by atoms with Crippen LogP contribution in [0.25, 0.3) is 0 Å². The average molecular weight is 230 g/mol. The summed E-state index contributed by atoms with van der Waals surface area (Å²) in [4.78, 5) is 7.80. The lowest BCUT2D eigenvalue weighted by Gasteiger charge is -2.08. The first-order valence-electron chi connectivity index (χ1n) is 4.97. The van der Waals surface area contributed by atoms with Gasteiger partial charge in [0.15, 0.2) is 0 Å². The molecule has 0 spiro atoms. The van der Waals surface area contributed by atoms with E-state index in [4.69, 9.17) is 16.3 Å². The normalized spacial score (nSPS) is 10.7. The van der Waals surface area contributed by atoms with Gasteiger partial charge in [-0.25, -0.2) is 9.97 Å². The first kappa shape index (κ1) is 12.2. The number of anilines is 1. The van der Waals surface area contributed by atoms with Gasteiger partial charge in [-0.1, -0.05) is 25.4 Å². The summed E-state index contributed by atoms with van der Waals surface area (Å²) in [5.41, 5.74) is 0. The van der Waals surface area contributed by atoms with E-state index in [0.717, 1.165) is 19.0 Å². The Bertz CT molecular complexity index is 294. The highest BCUT2D eigenvalue weighted by Crippen LogP contribution is 2.07. The first-order valence-corrected chi connectivity index (χ1v) is 5.35. The average Bonchev–Trinajstić information content (AvgIpc) is 2.17. The van der Waals surface area contributed by atoms with Gasteiger partial charge in [0.1, 0.15) is 17.3 Å². The Morgan fingerprint density at radius 2 is 2.27 bits per heavy atom. The van der Waals surface area contributed by atoms with E-state index in [1.807, 2.05) is 0 Å². The van der Waals surface area contributed by atoms with Crippen LogP contribution >= 0.6 is 11.6 Å². The van der Waals surface area contributed by atoms with Gasteiger partial charge in [-0.05, 0) is 5.92 Å². The van der Waals surface area contributed by atoms with Crippen LogP contribution in [0, 0.1) is 5.92 Å². The highest BCUT2D eigenvalue weighted by atomic mass is 35.5. The fourth-order valence-electron chi connectivity index (χ4n) is 1.00. The van der Waals surface area contributed by atoms with Gasteiger partial charge in [0.2, 0.25) is 0 Å². The Kier molecular flexibility index (Phi) is 5.36. The molecule has 1 N–H and O–H groups in total. The third kappa shape index (κ3) is 5.54. The van der Waals surface area contributed by atoms with Gasteiger partial charge in [-0.15, -0.1) is 0 Å². The highest BCUT2D eigenvalue weighted by Gasteiger charge is 1.96. The van der Waals surface area contributed by atoms with Crippen molar-refractivity contribution in [2.75, 3.05) is 25.1 Å². The Labute approximate surface area is 95.0 Å². The molecule has 0 aliphatic heterocycles. The largest absolute Gasteiger partial charge is 0.379 e. The van der Waals surface area contributed by atoms with Gasteiger partial charge in [0.25, 0.3) is 0 Å². The summed E-state index contributed by atoms with van der Waals surface area (Å²) < 4.78 is 5.41. The van der Waals surface area contributed by atoms with Crippen molar-refractivity contribution in [2.45, 2.75) is 13.8 Å². The van der Waals surface area contributed by atoms with E-state index in [-0.39, 0.29) is 0 Å². The van der Waals surface area contributed by atoms with Crippen molar-refractivity contribution in [3.8, 4) is 0 Å². The van der Waals surface area contributed by atoms with Gasteiger partial charge in [-0.3, -0.25) is 0 Å². The lowest BCUT2D eigenvalue weighted by atomic mass is 10.2. The zero-order chi connectivity index (χ0) is 11.1. The lowest BCUT2D eigenvalue weighted by Crippen LogP contribution is -2.12. The van der Waals surface area contributed by atoms with Crippen LogP contribution in [-0.2, 0) is 4.74 Å². The van der Waals surface area contributed by atoms with Crippen LogP contribution in [0.2, 0.25) is 5.15 Å². The topological polar surface area (TPSA) is 47.0 Å². The summed E-state index contributed by atoms with van der Waals surface area (Å²) in [6.07, 6.45) is 1.43. The summed E-state index contributed by atoms with van der Waals surface area (Å²) in [6, 6.07) is 1.68. The number of halogens is 1. The van der Waals surface area contributed by atoms with Crippen molar-refractivity contribution in [1.82, 2.24) is 9.97 Å². The summed E-state index contributed by atoms with van der Waals surface area (Å²) >= 11 is 5.70. The summed E-state index contributed by atoms with van der Waals surface area (Å²) in [5, 5.41) is 3.54. The third-order valence-corrected chi connectivity index (χ3v) is 1.84. The van der Waals surface area contributed by atoms with Crippen LogP contribution in [0.3, 0.4) is 0 Å². The summed E-state index contributed by atoms with van der Waals surface area (Å²) in [6.45, 7) is 6.42. The molecule has 1 aromatic heterocycles. The predicted octanol–water partition coefficient (Wildman–Crippen LogP) is 2.21. The van der Waals surface area contributed by atoms with E-state index in [1.54, 1.807) is 6.07 Å². The smallest absolute Gasteiger partial charge is 0.134 e. The molecule has 1 rings (SSSR count). The number of hydrogen-bond acceptors (Lipinski definition) is 4. The van der Waals surface area contributed by atoms with E-state index < -0.39 is 0 Å². The number of rotatable bonds is 6. The molecule has 0 saturated carbocycles. The third-order valence-electron chi connectivity index (χ3n) is 1.64. The second-order valence-corrected chi connectivity index (χ2v) is 4.01. The van der Waals surface area contributed by atoms with Crippen LogP contribution in [0.1, 0.15) is 13.8 Å². The first-order chi connectivity index (χ1) is 7.18. The Balaban J connectivity index is 2.15. The van der Waals surface area contributed by atoms with Gasteiger partial charge in [-0.2, -0.15) is 0 Å². The maximum absolute atomic E-state index is 5.70. The molecule has 5 heteroatoms. The number of nitrogens with zero attached hydrogens (tertiary/aromatic N) is 2. The zero-order valence-electron chi connectivity index (χ0n) is 9.03. The fraction of sp³-hybridized carbons (Fsp3) is 0.600. The quantitative estimate of drug-likeness (QED) is 0.600. The lowest BCUT2D eigenvalue weighted by molar-refractivity contribution is 0.118. The molecule has 0 aromatic carbocycles. The molecule has 15 heavy (non-hydrogen) atoms. The molecule has 0 saturated heterocycles. The molecule has 84 valence electrons. The van der Waals surface area contributed by atoms with Crippen LogP contribution < -0.4 is 5.32 Å².